The maximum atomic E-state index is 11.4. The molecule has 0 aliphatic heterocycles. The molecule has 6 heteroatoms. The van der Waals surface area contributed by atoms with Crippen molar-refractivity contribution in [2.45, 2.75) is 18.7 Å². The maximum absolute atomic E-state index is 11.4. The van der Waals surface area contributed by atoms with Crippen LogP contribution in [0.1, 0.15) is 17.3 Å². The molecule has 2 aromatic rings. The zero-order chi connectivity index (χ0) is 13.3. The molecule has 2 atom stereocenters. The predicted molar refractivity (Wildman–Crippen MR) is 70.2 cm³/mol. The second kappa shape index (κ2) is 4.89. The Kier molecular flexibility index (Phi) is 3.47. The zero-order valence-corrected chi connectivity index (χ0v) is 11.0. The van der Waals surface area contributed by atoms with Crippen LogP contribution in [0.15, 0.2) is 24.5 Å². The van der Waals surface area contributed by atoms with Crippen LogP contribution in [0.5, 0.6) is 0 Å². The summed E-state index contributed by atoms with van der Waals surface area (Å²) in [6, 6.07) is 4.99. The first-order valence-corrected chi connectivity index (χ1v) is 7.12. The van der Waals surface area contributed by atoms with Crippen molar-refractivity contribution in [3.8, 4) is 0 Å². The number of fused-ring (bicyclic) bond motifs is 1. The van der Waals surface area contributed by atoms with Gasteiger partial charge in [-0.15, -0.1) is 0 Å². The normalized spacial score (nSPS) is 14.6. The standard InChI is InChI=1S/C12H14N2O3S/c1-8(18(2)17)6-14-7-13-10-5-3-4-9(11(10)14)12(15)16/h3-5,7-8H,6H2,1-2H3,(H,15,16). The Morgan fingerprint density at radius 3 is 2.89 bits per heavy atom. The Bertz CT molecular complexity index is 621. The lowest BCUT2D eigenvalue weighted by Crippen LogP contribution is -2.17. The fourth-order valence-corrected chi connectivity index (χ4v) is 2.19. The van der Waals surface area contributed by atoms with Gasteiger partial charge in [0.1, 0.15) is 0 Å². The second-order valence-corrected chi connectivity index (χ2v) is 5.99. The summed E-state index contributed by atoms with van der Waals surface area (Å²) in [6.45, 7) is 2.36. The van der Waals surface area contributed by atoms with Gasteiger partial charge in [0.2, 0.25) is 0 Å². The molecule has 0 saturated heterocycles. The molecule has 0 aliphatic carbocycles. The first-order chi connectivity index (χ1) is 8.50. The number of carboxylic acid groups (broad SMARTS) is 1. The highest BCUT2D eigenvalue weighted by Gasteiger charge is 2.15. The van der Waals surface area contributed by atoms with Gasteiger partial charge in [0, 0.05) is 28.9 Å². The van der Waals surface area contributed by atoms with E-state index in [4.69, 9.17) is 5.11 Å². The van der Waals surface area contributed by atoms with E-state index in [1.165, 1.54) is 0 Å². The van der Waals surface area contributed by atoms with Crippen LogP contribution in [-0.4, -0.2) is 36.3 Å². The van der Waals surface area contributed by atoms with Gasteiger partial charge in [0.05, 0.1) is 22.9 Å². The topological polar surface area (TPSA) is 72.2 Å². The highest BCUT2D eigenvalue weighted by Crippen LogP contribution is 2.19. The quantitative estimate of drug-likeness (QED) is 0.910. The molecule has 1 aromatic carbocycles. The van der Waals surface area contributed by atoms with Gasteiger partial charge in [0.25, 0.3) is 0 Å². The fourth-order valence-electron chi connectivity index (χ4n) is 1.82. The molecule has 96 valence electrons. The van der Waals surface area contributed by atoms with Gasteiger partial charge in [-0.05, 0) is 19.1 Å². The van der Waals surface area contributed by atoms with E-state index >= 15 is 0 Å². The molecule has 2 rings (SSSR count). The largest absolute Gasteiger partial charge is 0.478 e. The minimum atomic E-state index is -0.979. The van der Waals surface area contributed by atoms with Gasteiger partial charge in [-0.1, -0.05) is 6.07 Å². The lowest BCUT2D eigenvalue weighted by molar-refractivity contribution is 0.0698. The molecule has 0 aliphatic rings. The summed E-state index contributed by atoms with van der Waals surface area (Å²) in [7, 11) is -0.951. The Morgan fingerprint density at radius 1 is 1.56 bits per heavy atom. The number of benzene rings is 1. The van der Waals surface area contributed by atoms with E-state index in [1.54, 1.807) is 35.3 Å². The highest BCUT2D eigenvalue weighted by molar-refractivity contribution is 7.84. The number of hydrogen-bond acceptors (Lipinski definition) is 3. The van der Waals surface area contributed by atoms with Crippen LogP contribution in [0.4, 0.5) is 0 Å². The molecule has 1 N–H and O–H groups in total. The maximum Gasteiger partial charge on any atom is 0.337 e. The second-order valence-electron chi connectivity index (χ2n) is 4.18. The number of rotatable bonds is 4. The third kappa shape index (κ3) is 2.28. The van der Waals surface area contributed by atoms with Gasteiger partial charge >= 0.3 is 5.97 Å². The molecule has 0 fully saturated rings. The van der Waals surface area contributed by atoms with E-state index in [0.29, 0.717) is 17.6 Å². The van der Waals surface area contributed by atoms with Crippen molar-refractivity contribution in [3.05, 3.63) is 30.1 Å². The van der Waals surface area contributed by atoms with Crippen LogP contribution in [0, 0.1) is 0 Å². The smallest absolute Gasteiger partial charge is 0.337 e. The number of hydrogen-bond donors (Lipinski definition) is 1. The van der Waals surface area contributed by atoms with Crippen molar-refractivity contribution in [2.24, 2.45) is 0 Å². The molecule has 1 heterocycles. The number of carbonyl (C=O) groups is 1. The van der Waals surface area contributed by atoms with Crippen molar-refractivity contribution in [1.82, 2.24) is 9.55 Å². The van der Waals surface area contributed by atoms with E-state index in [2.05, 4.69) is 4.98 Å². The van der Waals surface area contributed by atoms with Gasteiger partial charge in [0.15, 0.2) is 0 Å². The molecule has 2 unspecified atom stereocenters. The summed E-state index contributed by atoms with van der Waals surface area (Å²) in [5.41, 5.74) is 1.45. The Hall–Kier alpha value is -1.69. The average Bonchev–Trinajstić information content (AvgIpc) is 2.72. The summed E-state index contributed by atoms with van der Waals surface area (Å²) in [5.74, 6) is -0.979. The average molecular weight is 266 g/mol. The SMILES string of the molecule is CC(Cn1cnc2cccc(C(=O)O)c21)S(C)=O. The summed E-state index contributed by atoms with van der Waals surface area (Å²) >= 11 is 0. The number of imidazole rings is 1. The minimum absolute atomic E-state index is 0.0516. The number of aromatic nitrogens is 2. The lowest BCUT2D eigenvalue weighted by Gasteiger charge is -2.11. The first-order valence-electron chi connectivity index (χ1n) is 5.50. The summed E-state index contributed by atoms with van der Waals surface area (Å²) < 4.78 is 13.1. The summed E-state index contributed by atoms with van der Waals surface area (Å²) in [5, 5.41) is 9.12. The minimum Gasteiger partial charge on any atom is -0.478 e. The van der Waals surface area contributed by atoms with Crippen LogP contribution < -0.4 is 0 Å². The van der Waals surface area contributed by atoms with Crippen LogP contribution >= 0.6 is 0 Å². The number of nitrogens with zero attached hydrogens (tertiary/aromatic N) is 2. The molecule has 0 radical (unpaired) electrons. The van der Waals surface area contributed by atoms with E-state index in [-0.39, 0.29) is 10.8 Å². The van der Waals surface area contributed by atoms with Gasteiger partial charge in [-0.3, -0.25) is 4.21 Å². The molecular weight excluding hydrogens is 252 g/mol. The first kappa shape index (κ1) is 12.8. The molecular formula is C12H14N2O3S. The van der Waals surface area contributed by atoms with Crippen LogP contribution in [0.3, 0.4) is 0 Å². The van der Waals surface area contributed by atoms with Crippen molar-refractivity contribution in [3.63, 3.8) is 0 Å². The Labute approximate surface area is 107 Å². The van der Waals surface area contributed by atoms with Crippen LogP contribution in [0.2, 0.25) is 0 Å². The highest BCUT2D eigenvalue weighted by atomic mass is 32.2. The van der Waals surface area contributed by atoms with Crippen molar-refractivity contribution in [1.29, 1.82) is 0 Å². The van der Waals surface area contributed by atoms with Crippen molar-refractivity contribution < 1.29 is 14.1 Å². The van der Waals surface area contributed by atoms with Gasteiger partial charge in [-0.25, -0.2) is 9.78 Å². The predicted octanol–water partition coefficient (Wildman–Crippen LogP) is 1.50. The molecule has 0 bridgehead atoms. The van der Waals surface area contributed by atoms with Gasteiger partial charge in [-0.2, -0.15) is 0 Å². The zero-order valence-electron chi connectivity index (χ0n) is 10.2. The number of aromatic carboxylic acids is 1. The van der Waals surface area contributed by atoms with E-state index in [1.807, 2.05) is 6.92 Å². The van der Waals surface area contributed by atoms with Crippen molar-refractivity contribution in [2.75, 3.05) is 6.26 Å². The Morgan fingerprint density at radius 2 is 2.28 bits per heavy atom. The van der Waals surface area contributed by atoms with Gasteiger partial charge < -0.3 is 9.67 Å². The molecule has 0 saturated carbocycles. The number of carboxylic acids is 1. The summed E-state index contributed by atoms with van der Waals surface area (Å²) in [6.07, 6.45) is 3.24. The Balaban J connectivity index is 2.52. The number of para-hydroxylation sites is 1. The van der Waals surface area contributed by atoms with E-state index in [9.17, 15) is 9.00 Å². The van der Waals surface area contributed by atoms with E-state index in [0.717, 1.165) is 0 Å². The summed E-state index contributed by atoms with van der Waals surface area (Å²) in [4.78, 5) is 15.4. The molecule has 0 spiro atoms. The van der Waals surface area contributed by atoms with Crippen LogP contribution in [0.25, 0.3) is 11.0 Å². The van der Waals surface area contributed by atoms with Crippen LogP contribution in [-0.2, 0) is 17.3 Å². The fraction of sp³-hybridized carbons (Fsp3) is 0.333. The molecule has 1 aromatic heterocycles. The van der Waals surface area contributed by atoms with Crippen molar-refractivity contribution >= 4 is 27.8 Å². The third-order valence-corrected chi connectivity index (χ3v) is 4.17. The molecule has 18 heavy (non-hydrogen) atoms. The molecule has 5 nitrogen and oxygen atoms in total. The third-order valence-electron chi connectivity index (χ3n) is 2.89. The lowest BCUT2D eigenvalue weighted by atomic mass is 10.2. The monoisotopic (exact) mass is 266 g/mol. The molecule has 0 amide bonds. The van der Waals surface area contributed by atoms with E-state index < -0.39 is 16.8 Å².